The number of benzene rings is 1. The Morgan fingerprint density at radius 3 is 2.86 bits per heavy atom. The van der Waals surface area contributed by atoms with Gasteiger partial charge >= 0.3 is 0 Å². The molecule has 0 fully saturated rings. The van der Waals surface area contributed by atoms with E-state index in [4.69, 9.17) is 9.84 Å². The van der Waals surface area contributed by atoms with Crippen molar-refractivity contribution in [2.24, 2.45) is 0 Å². The zero-order chi connectivity index (χ0) is 20.4. The first-order chi connectivity index (χ1) is 14.1. The highest BCUT2D eigenvalue weighted by atomic mass is 19.1. The van der Waals surface area contributed by atoms with Crippen LogP contribution in [0.1, 0.15) is 12.1 Å². The highest BCUT2D eigenvalue weighted by Gasteiger charge is 2.18. The van der Waals surface area contributed by atoms with Crippen molar-refractivity contribution in [2.75, 3.05) is 33.4 Å². The van der Waals surface area contributed by atoms with E-state index in [1.54, 1.807) is 12.3 Å². The Kier molecular flexibility index (Phi) is 5.62. The van der Waals surface area contributed by atoms with Gasteiger partial charge in [0.25, 0.3) is 0 Å². The molecule has 3 N–H and O–H groups in total. The Morgan fingerprint density at radius 2 is 2.14 bits per heavy atom. The molecule has 1 aromatic carbocycles. The van der Waals surface area contributed by atoms with Crippen LogP contribution in [0.15, 0.2) is 42.6 Å². The summed E-state index contributed by atoms with van der Waals surface area (Å²) in [5.41, 5.74) is 4.70. The molecular formula is C22H24FN3O3. The maximum Gasteiger partial charge on any atom is 0.138 e. The lowest BCUT2D eigenvalue weighted by Crippen LogP contribution is -2.37. The summed E-state index contributed by atoms with van der Waals surface area (Å²) < 4.78 is 19.0. The molecule has 6 nitrogen and oxygen atoms in total. The van der Waals surface area contributed by atoms with Gasteiger partial charge in [0.15, 0.2) is 0 Å². The Morgan fingerprint density at radius 1 is 1.28 bits per heavy atom. The lowest BCUT2D eigenvalue weighted by molar-refractivity contribution is 0.0623. The van der Waals surface area contributed by atoms with Crippen LogP contribution in [0.3, 0.4) is 0 Å². The van der Waals surface area contributed by atoms with Crippen LogP contribution in [0.25, 0.3) is 27.7 Å². The van der Waals surface area contributed by atoms with E-state index in [1.165, 1.54) is 24.8 Å². The second-order valence-electron chi connectivity index (χ2n) is 7.22. The molecule has 0 bridgehead atoms. The lowest BCUT2D eigenvalue weighted by Gasteiger charge is -2.27. The van der Waals surface area contributed by atoms with E-state index in [1.807, 2.05) is 6.07 Å². The minimum absolute atomic E-state index is 0.226. The van der Waals surface area contributed by atoms with Gasteiger partial charge in [0, 0.05) is 48.5 Å². The number of H-pyrrole nitrogens is 1. The quantitative estimate of drug-likeness (QED) is 0.596. The van der Waals surface area contributed by atoms with Gasteiger partial charge in [0.1, 0.15) is 17.2 Å². The maximum absolute atomic E-state index is 13.6. The van der Waals surface area contributed by atoms with Crippen LogP contribution in [0, 0.1) is 5.82 Å². The topological polar surface area (TPSA) is 81.6 Å². The number of aromatic nitrogens is 2. The van der Waals surface area contributed by atoms with E-state index in [0.717, 1.165) is 40.8 Å². The monoisotopic (exact) mass is 397 g/mol. The molecule has 2 aromatic heterocycles. The van der Waals surface area contributed by atoms with Crippen molar-refractivity contribution in [1.82, 2.24) is 14.9 Å². The van der Waals surface area contributed by atoms with Crippen LogP contribution in [-0.4, -0.2) is 64.5 Å². The summed E-state index contributed by atoms with van der Waals surface area (Å²) in [5.74, 6) is 0.143. The molecule has 0 spiro atoms. The number of aliphatic hydroxyl groups is 2. The Labute approximate surface area is 168 Å². The standard InChI is InChI=1S/C22H24FN3O3/c1-29-21-10-15(23)2-3-18(21)17-4-7-24-22-19(17)11-20(25-22)14-5-8-26(9-6-14)12-16(28)13-27/h2-5,7,10-11,16,27-28H,6,8-9,12-13H2,1H3,(H,24,25). The zero-order valence-electron chi connectivity index (χ0n) is 16.2. The molecule has 0 radical (unpaired) electrons. The van der Waals surface area contributed by atoms with Crippen LogP contribution in [-0.2, 0) is 0 Å². The molecule has 0 saturated heterocycles. The van der Waals surface area contributed by atoms with Crippen LogP contribution < -0.4 is 4.74 Å². The molecule has 3 aromatic rings. The predicted octanol–water partition coefficient (Wildman–Crippen LogP) is 2.82. The van der Waals surface area contributed by atoms with E-state index in [-0.39, 0.29) is 12.4 Å². The van der Waals surface area contributed by atoms with E-state index < -0.39 is 6.10 Å². The predicted molar refractivity (Wildman–Crippen MR) is 110 cm³/mol. The summed E-state index contributed by atoms with van der Waals surface area (Å²) in [5, 5.41) is 19.6. The molecule has 0 amide bonds. The van der Waals surface area contributed by atoms with Crippen molar-refractivity contribution in [1.29, 1.82) is 0 Å². The first kappa shape index (κ1) is 19.6. The third kappa shape index (κ3) is 4.03. The number of pyridine rings is 1. The van der Waals surface area contributed by atoms with Gasteiger partial charge in [-0.1, -0.05) is 6.08 Å². The number of nitrogens with one attached hydrogen (secondary N) is 1. The lowest BCUT2D eigenvalue weighted by atomic mass is 10.0. The van der Waals surface area contributed by atoms with E-state index >= 15 is 0 Å². The molecule has 0 aliphatic carbocycles. The summed E-state index contributed by atoms with van der Waals surface area (Å²) in [6, 6.07) is 8.51. The number of hydrogen-bond donors (Lipinski definition) is 3. The third-order valence-electron chi connectivity index (χ3n) is 5.30. The molecule has 3 heterocycles. The van der Waals surface area contributed by atoms with Gasteiger partial charge in [0.2, 0.25) is 0 Å². The summed E-state index contributed by atoms with van der Waals surface area (Å²) in [4.78, 5) is 9.95. The van der Waals surface area contributed by atoms with E-state index in [0.29, 0.717) is 18.8 Å². The molecule has 4 rings (SSSR count). The van der Waals surface area contributed by atoms with Gasteiger partial charge in [-0.05, 0) is 41.8 Å². The molecule has 1 aliphatic heterocycles. The second kappa shape index (κ2) is 8.32. The van der Waals surface area contributed by atoms with Gasteiger partial charge in [-0.15, -0.1) is 0 Å². The third-order valence-corrected chi connectivity index (χ3v) is 5.30. The second-order valence-corrected chi connectivity index (χ2v) is 7.22. The molecule has 1 atom stereocenters. The number of halogens is 1. The van der Waals surface area contributed by atoms with E-state index in [9.17, 15) is 9.50 Å². The number of hydrogen-bond acceptors (Lipinski definition) is 5. The van der Waals surface area contributed by atoms with Gasteiger partial charge in [-0.3, -0.25) is 4.90 Å². The Bertz CT molecular complexity index is 1050. The van der Waals surface area contributed by atoms with Gasteiger partial charge < -0.3 is 19.9 Å². The van der Waals surface area contributed by atoms with Gasteiger partial charge in [0.05, 0.1) is 19.8 Å². The average Bonchev–Trinajstić information content (AvgIpc) is 3.18. The van der Waals surface area contributed by atoms with Crippen LogP contribution in [0.4, 0.5) is 4.39 Å². The first-order valence-corrected chi connectivity index (χ1v) is 9.61. The van der Waals surface area contributed by atoms with Gasteiger partial charge in [-0.2, -0.15) is 0 Å². The number of aliphatic hydroxyl groups excluding tert-OH is 2. The number of methoxy groups -OCH3 is 1. The number of nitrogens with zero attached hydrogens (tertiary/aromatic N) is 2. The van der Waals surface area contributed by atoms with E-state index in [2.05, 4.69) is 27.0 Å². The van der Waals surface area contributed by atoms with Crippen molar-refractivity contribution < 1.29 is 19.3 Å². The van der Waals surface area contributed by atoms with Crippen molar-refractivity contribution in [3.63, 3.8) is 0 Å². The minimum Gasteiger partial charge on any atom is -0.496 e. The Balaban J connectivity index is 1.66. The number of rotatable bonds is 6. The van der Waals surface area contributed by atoms with Crippen molar-refractivity contribution >= 4 is 16.6 Å². The molecule has 0 saturated carbocycles. The largest absolute Gasteiger partial charge is 0.496 e. The summed E-state index contributed by atoms with van der Waals surface area (Å²) in [7, 11) is 1.53. The average molecular weight is 397 g/mol. The molecule has 152 valence electrons. The fourth-order valence-corrected chi connectivity index (χ4v) is 3.80. The number of fused-ring (bicyclic) bond motifs is 1. The molecule has 1 unspecified atom stereocenters. The van der Waals surface area contributed by atoms with Gasteiger partial charge in [-0.25, -0.2) is 9.37 Å². The van der Waals surface area contributed by atoms with Crippen LogP contribution in [0.5, 0.6) is 5.75 Å². The molecule has 29 heavy (non-hydrogen) atoms. The highest BCUT2D eigenvalue weighted by molar-refractivity contribution is 5.96. The molecule has 7 heteroatoms. The van der Waals surface area contributed by atoms with Crippen LogP contribution >= 0.6 is 0 Å². The summed E-state index contributed by atoms with van der Waals surface area (Å²) >= 11 is 0. The minimum atomic E-state index is -0.713. The van der Waals surface area contributed by atoms with Crippen LogP contribution in [0.2, 0.25) is 0 Å². The normalized spacial score (nSPS) is 16.1. The molecular weight excluding hydrogens is 373 g/mol. The van der Waals surface area contributed by atoms with Crippen molar-refractivity contribution in [3.05, 3.63) is 54.1 Å². The van der Waals surface area contributed by atoms with Crippen molar-refractivity contribution in [2.45, 2.75) is 12.5 Å². The highest BCUT2D eigenvalue weighted by Crippen LogP contribution is 2.36. The smallest absolute Gasteiger partial charge is 0.138 e. The van der Waals surface area contributed by atoms with Crippen molar-refractivity contribution in [3.8, 4) is 16.9 Å². The number of β-amino-alcohol motifs (C(OH)–C–C–N with tert-alkyl or cyclic N) is 1. The molecule has 1 aliphatic rings. The summed E-state index contributed by atoms with van der Waals surface area (Å²) in [6.07, 6.45) is 3.99. The summed E-state index contributed by atoms with van der Waals surface area (Å²) in [6.45, 7) is 1.76. The fourth-order valence-electron chi connectivity index (χ4n) is 3.80. The number of aromatic amines is 1. The number of ether oxygens (including phenoxy) is 1. The Hall–Kier alpha value is -2.74. The first-order valence-electron chi connectivity index (χ1n) is 9.61. The zero-order valence-corrected chi connectivity index (χ0v) is 16.2. The SMILES string of the molecule is COc1cc(F)ccc1-c1ccnc2[nH]c(C3=CCN(CC(O)CO)CC3)cc12. The fraction of sp³-hybridized carbons (Fsp3) is 0.318. The maximum atomic E-state index is 13.6.